The van der Waals surface area contributed by atoms with Crippen molar-refractivity contribution in [1.29, 1.82) is 0 Å². The molecule has 0 bridgehead atoms. The van der Waals surface area contributed by atoms with Gasteiger partial charge in [-0.15, -0.1) is 0 Å². The molecular formula is C7H11BrN2O3. The molecule has 6 heteroatoms. The van der Waals surface area contributed by atoms with E-state index >= 15 is 0 Å². The fourth-order valence-corrected chi connectivity index (χ4v) is 1.13. The van der Waals surface area contributed by atoms with Crippen LogP contribution in [0.3, 0.4) is 0 Å². The van der Waals surface area contributed by atoms with Crippen molar-refractivity contribution in [2.75, 3.05) is 25.0 Å². The first-order valence-electron chi connectivity index (χ1n) is 3.96. The predicted molar refractivity (Wildman–Crippen MR) is 49.6 cm³/mol. The van der Waals surface area contributed by atoms with E-state index in [9.17, 15) is 9.59 Å². The van der Waals surface area contributed by atoms with E-state index in [1.807, 2.05) is 0 Å². The minimum Gasteiger partial charge on any atom is -0.366 e. The zero-order valence-electron chi connectivity index (χ0n) is 7.01. The van der Waals surface area contributed by atoms with Crippen molar-refractivity contribution in [2.45, 2.75) is 6.10 Å². The van der Waals surface area contributed by atoms with Gasteiger partial charge in [-0.25, -0.2) is 0 Å². The molecule has 0 aliphatic carbocycles. The van der Waals surface area contributed by atoms with Crippen LogP contribution in [0.1, 0.15) is 0 Å². The van der Waals surface area contributed by atoms with Crippen LogP contribution >= 0.6 is 15.9 Å². The molecule has 2 N–H and O–H groups in total. The highest BCUT2D eigenvalue weighted by Gasteiger charge is 2.22. The lowest BCUT2D eigenvalue weighted by Crippen LogP contribution is -2.49. The Morgan fingerprint density at radius 3 is 2.92 bits per heavy atom. The Balaban J connectivity index is 2.33. The maximum atomic E-state index is 11.2. The Labute approximate surface area is 84.3 Å². The van der Waals surface area contributed by atoms with E-state index in [2.05, 4.69) is 26.6 Å². The molecule has 1 saturated heterocycles. The first kappa shape index (κ1) is 10.6. The van der Waals surface area contributed by atoms with E-state index in [1.54, 1.807) is 0 Å². The number of morpholine rings is 1. The minimum atomic E-state index is -0.545. The number of rotatable bonds is 2. The summed E-state index contributed by atoms with van der Waals surface area (Å²) in [6, 6.07) is 0. The Morgan fingerprint density at radius 1 is 1.62 bits per heavy atom. The number of amides is 2. The molecule has 1 rings (SSSR count). The van der Waals surface area contributed by atoms with Gasteiger partial charge in [-0.1, -0.05) is 15.9 Å². The SMILES string of the molecule is O=C(CBr)NC(=O)C1CNCCO1. The van der Waals surface area contributed by atoms with Crippen LogP contribution in [0.4, 0.5) is 0 Å². The molecule has 0 aromatic rings. The third-order valence-electron chi connectivity index (χ3n) is 1.60. The standard InChI is InChI=1S/C7H11BrN2O3/c8-3-6(11)10-7(12)5-4-9-1-2-13-5/h5,9H,1-4H2,(H,10,11,12). The summed E-state index contributed by atoms with van der Waals surface area (Å²) >= 11 is 2.95. The largest absolute Gasteiger partial charge is 0.366 e. The summed E-state index contributed by atoms with van der Waals surface area (Å²) in [5, 5.41) is 5.33. The molecule has 1 heterocycles. The molecule has 0 radical (unpaired) electrons. The highest BCUT2D eigenvalue weighted by molar-refractivity contribution is 9.09. The summed E-state index contributed by atoms with van der Waals surface area (Å²) in [4.78, 5) is 22.1. The Bertz CT molecular complexity index is 204. The van der Waals surface area contributed by atoms with E-state index < -0.39 is 6.10 Å². The second-order valence-corrected chi connectivity index (χ2v) is 3.17. The molecule has 1 aliphatic rings. The van der Waals surface area contributed by atoms with Gasteiger partial charge in [-0.05, 0) is 0 Å². The number of ether oxygens (including phenoxy) is 1. The van der Waals surface area contributed by atoms with Crippen molar-refractivity contribution in [3.05, 3.63) is 0 Å². The summed E-state index contributed by atoms with van der Waals surface area (Å²) < 4.78 is 5.14. The number of carbonyl (C=O) groups excluding carboxylic acids is 2. The van der Waals surface area contributed by atoms with Crippen LogP contribution in [0.2, 0.25) is 0 Å². The molecule has 1 atom stereocenters. The molecule has 1 aliphatic heterocycles. The van der Waals surface area contributed by atoms with Crippen molar-refractivity contribution in [1.82, 2.24) is 10.6 Å². The predicted octanol–water partition coefficient (Wildman–Crippen LogP) is -0.988. The summed E-state index contributed by atoms with van der Waals surface area (Å²) in [6.45, 7) is 1.71. The minimum absolute atomic E-state index is 0.124. The number of carbonyl (C=O) groups is 2. The number of imide groups is 1. The lowest BCUT2D eigenvalue weighted by molar-refractivity contribution is -0.138. The number of halogens is 1. The molecule has 0 spiro atoms. The average Bonchev–Trinajstić information content (AvgIpc) is 2.19. The highest BCUT2D eigenvalue weighted by atomic mass is 79.9. The molecule has 1 unspecified atom stereocenters. The summed E-state index contributed by atoms with van der Waals surface area (Å²) in [5.74, 6) is -0.726. The molecule has 0 saturated carbocycles. The van der Waals surface area contributed by atoms with Crippen molar-refractivity contribution in [3.63, 3.8) is 0 Å². The monoisotopic (exact) mass is 250 g/mol. The van der Waals surface area contributed by atoms with E-state index in [0.717, 1.165) is 6.54 Å². The number of alkyl halides is 1. The van der Waals surface area contributed by atoms with Crippen molar-refractivity contribution in [3.8, 4) is 0 Å². The summed E-state index contributed by atoms with van der Waals surface area (Å²) in [6.07, 6.45) is -0.545. The van der Waals surface area contributed by atoms with E-state index in [4.69, 9.17) is 4.74 Å². The van der Waals surface area contributed by atoms with Gasteiger partial charge >= 0.3 is 0 Å². The summed E-state index contributed by atoms with van der Waals surface area (Å²) in [5.41, 5.74) is 0. The topological polar surface area (TPSA) is 67.4 Å². The Morgan fingerprint density at radius 2 is 2.38 bits per heavy atom. The second kappa shape index (κ2) is 5.31. The summed E-state index contributed by atoms with van der Waals surface area (Å²) in [7, 11) is 0. The van der Waals surface area contributed by atoms with Gasteiger partial charge in [-0.3, -0.25) is 14.9 Å². The fourth-order valence-electron chi connectivity index (χ4n) is 0.985. The average molecular weight is 251 g/mol. The van der Waals surface area contributed by atoms with Gasteiger partial charge in [-0.2, -0.15) is 0 Å². The van der Waals surface area contributed by atoms with Gasteiger partial charge in [0, 0.05) is 13.1 Å². The quantitative estimate of drug-likeness (QED) is 0.618. The van der Waals surface area contributed by atoms with Crippen LogP contribution in [-0.2, 0) is 14.3 Å². The molecule has 5 nitrogen and oxygen atoms in total. The van der Waals surface area contributed by atoms with Crippen LogP contribution in [0.5, 0.6) is 0 Å². The van der Waals surface area contributed by atoms with Crippen molar-refractivity contribution < 1.29 is 14.3 Å². The van der Waals surface area contributed by atoms with Gasteiger partial charge < -0.3 is 10.1 Å². The third kappa shape index (κ3) is 3.41. The fraction of sp³-hybridized carbons (Fsp3) is 0.714. The smallest absolute Gasteiger partial charge is 0.257 e. The first-order chi connectivity index (χ1) is 6.24. The van der Waals surface area contributed by atoms with Crippen molar-refractivity contribution in [2.24, 2.45) is 0 Å². The maximum Gasteiger partial charge on any atom is 0.257 e. The molecular weight excluding hydrogens is 240 g/mol. The molecule has 74 valence electrons. The number of nitrogens with one attached hydrogen (secondary N) is 2. The molecule has 13 heavy (non-hydrogen) atoms. The van der Waals surface area contributed by atoms with Crippen molar-refractivity contribution >= 4 is 27.7 Å². The Kier molecular flexibility index (Phi) is 4.34. The van der Waals surface area contributed by atoms with E-state index in [1.165, 1.54) is 0 Å². The van der Waals surface area contributed by atoms with Crippen LogP contribution < -0.4 is 10.6 Å². The molecule has 0 aromatic carbocycles. The molecule has 0 aromatic heterocycles. The Hall–Kier alpha value is -0.460. The van der Waals surface area contributed by atoms with Gasteiger partial charge in [0.1, 0.15) is 6.10 Å². The van der Waals surface area contributed by atoms with Crippen LogP contribution in [0.15, 0.2) is 0 Å². The normalized spacial score (nSPS) is 22.4. The molecule has 2 amide bonds. The van der Waals surface area contributed by atoms with Gasteiger partial charge in [0.2, 0.25) is 5.91 Å². The number of hydrogen-bond acceptors (Lipinski definition) is 4. The second-order valence-electron chi connectivity index (χ2n) is 2.61. The zero-order valence-corrected chi connectivity index (χ0v) is 8.59. The highest BCUT2D eigenvalue weighted by Crippen LogP contribution is 1.95. The third-order valence-corrected chi connectivity index (χ3v) is 2.11. The maximum absolute atomic E-state index is 11.2. The zero-order chi connectivity index (χ0) is 9.68. The first-order valence-corrected chi connectivity index (χ1v) is 5.08. The lowest BCUT2D eigenvalue weighted by atomic mass is 10.3. The van der Waals surface area contributed by atoms with E-state index in [-0.39, 0.29) is 17.1 Å². The van der Waals surface area contributed by atoms with Crippen LogP contribution in [-0.4, -0.2) is 42.9 Å². The van der Waals surface area contributed by atoms with Crippen LogP contribution in [0.25, 0.3) is 0 Å². The van der Waals surface area contributed by atoms with E-state index in [0.29, 0.717) is 13.2 Å². The van der Waals surface area contributed by atoms with Gasteiger partial charge in [0.05, 0.1) is 11.9 Å². The van der Waals surface area contributed by atoms with Gasteiger partial charge in [0.15, 0.2) is 0 Å². The number of hydrogen-bond donors (Lipinski definition) is 2. The molecule has 1 fully saturated rings. The lowest BCUT2D eigenvalue weighted by Gasteiger charge is -2.22. The van der Waals surface area contributed by atoms with Crippen LogP contribution in [0, 0.1) is 0 Å². The van der Waals surface area contributed by atoms with Gasteiger partial charge in [0.25, 0.3) is 5.91 Å².